The molecule has 15 heteroatoms. The number of unbranched alkanes of at least 4 members (excludes halogenated alkanes) is 1. The summed E-state index contributed by atoms with van der Waals surface area (Å²) in [5.74, 6) is 5.54. The Labute approximate surface area is 276 Å². The number of hydrogen-bond donors (Lipinski definition) is 5. The zero-order valence-corrected chi connectivity index (χ0v) is 28.7. The highest BCUT2D eigenvalue weighted by atomic mass is 32.1. The highest BCUT2D eigenvalue weighted by Crippen LogP contribution is 2.19. The lowest BCUT2D eigenvalue weighted by molar-refractivity contribution is -0.132. The summed E-state index contributed by atoms with van der Waals surface area (Å²) in [5, 5.41) is 17.1. The van der Waals surface area contributed by atoms with Gasteiger partial charge in [-0.15, -0.1) is 17.7 Å². The maximum atomic E-state index is 12.3. The van der Waals surface area contributed by atoms with Gasteiger partial charge in [0.15, 0.2) is 5.16 Å². The Morgan fingerprint density at radius 2 is 1.76 bits per heavy atom. The SMILES string of the molecule is CC(C)C(C)NC(=O)COCC(=O)NC(C)(S)CCOC(C)(C)Cn1cc(CNC(=O)CCCC#Cc2cnc(S)nc2)nn1. The first-order chi connectivity index (χ1) is 21.1. The van der Waals surface area contributed by atoms with Crippen LogP contribution in [-0.2, 0) is 36.9 Å². The molecule has 0 radical (unpaired) electrons. The van der Waals surface area contributed by atoms with Crippen LogP contribution in [0.2, 0.25) is 0 Å². The summed E-state index contributed by atoms with van der Waals surface area (Å²) in [6, 6.07) is 0.0202. The molecule has 3 N–H and O–H groups in total. The van der Waals surface area contributed by atoms with Crippen LogP contribution in [0, 0.1) is 17.8 Å². The minimum absolute atomic E-state index is 0.0202. The van der Waals surface area contributed by atoms with Gasteiger partial charge in [0.2, 0.25) is 17.7 Å². The summed E-state index contributed by atoms with van der Waals surface area (Å²) < 4.78 is 13.0. The molecule has 0 saturated carbocycles. The lowest BCUT2D eigenvalue weighted by Crippen LogP contribution is -2.45. The molecule has 2 aromatic rings. The maximum Gasteiger partial charge on any atom is 0.247 e. The van der Waals surface area contributed by atoms with E-state index in [4.69, 9.17) is 9.47 Å². The average molecular weight is 663 g/mol. The molecule has 0 aliphatic rings. The van der Waals surface area contributed by atoms with Crippen LogP contribution in [-0.4, -0.2) is 79.0 Å². The van der Waals surface area contributed by atoms with Crippen molar-refractivity contribution >= 4 is 43.0 Å². The molecule has 2 atom stereocenters. The van der Waals surface area contributed by atoms with Gasteiger partial charge in [-0.25, -0.2) is 14.6 Å². The van der Waals surface area contributed by atoms with E-state index in [0.29, 0.717) is 61.2 Å². The van der Waals surface area contributed by atoms with Crippen molar-refractivity contribution in [2.24, 2.45) is 5.92 Å². The third-order valence-electron chi connectivity index (χ3n) is 6.52. The highest BCUT2D eigenvalue weighted by Gasteiger charge is 2.25. The minimum atomic E-state index is -0.844. The van der Waals surface area contributed by atoms with E-state index in [1.165, 1.54) is 0 Å². The Hall–Kier alpha value is -3.19. The fourth-order valence-corrected chi connectivity index (χ4v) is 4.05. The number of rotatable bonds is 18. The quantitative estimate of drug-likeness (QED) is 0.0530. The third kappa shape index (κ3) is 16.6. The van der Waals surface area contributed by atoms with Crippen molar-refractivity contribution in [1.82, 2.24) is 40.9 Å². The molecule has 2 unspecified atom stereocenters. The van der Waals surface area contributed by atoms with Gasteiger partial charge in [-0.3, -0.25) is 14.4 Å². The van der Waals surface area contributed by atoms with Gasteiger partial charge in [-0.05, 0) is 40.0 Å². The van der Waals surface area contributed by atoms with Gasteiger partial charge >= 0.3 is 0 Å². The van der Waals surface area contributed by atoms with E-state index < -0.39 is 10.5 Å². The zero-order chi connectivity index (χ0) is 33.5. The average Bonchev–Trinajstić information content (AvgIpc) is 3.38. The summed E-state index contributed by atoms with van der Waals surface area (Å²) in [7, 11) is 0. The molecule has 0 aliphatic carbocycles. The topological polar surface area (TPSA) is 162 Å². The smallest absolute Gasteiger partial charge is 0.247 e. The molecular weight excluding hydrogens is 617 g/mol. The number of nitrogens with one attached hydrogen (secondary N) is 3. The van der Waals surface area contributed by atoms with Crippen molar-refractivity contribution in [3.63, 3.8) is 0 Å². The number of carbonyl (C=O) groups is 3. The number of hydrogen-bond acceptors (Lipinski definition) is 11. The molecule has 45 heavy (non-hydrogen) atoms. The standard InChI is InChI=1S/C30H46N8O5S2/c1-21(2)22(3)34-26(40)18-42-19-27(41)35-30(6,45)12-13-43-29(4,5)20-38-17-24(36-37-38)16-31-25(39)11-9-7-8-10-23-14-32-28(44)33-15-23/h14-15,17,21-22,45H,7,9,11-13,16,18-20H2,1-6H3,(H,31,39)(H,34,40)(H,35,41)(H,32,33,44). The first-order valence-corrected chi connectivity index (χ1v) is 15.7. The third-order valence-corrected chi connectivity index (χ3v) is 7.08. The fraction of sp³-hybridized carbons (Fsp3) is 0.633. The Morgan fingerprint density at radius 1 is 1.07 bits per heavy atom. The predicted octanol–water partition coefficient (Wildman–Crippen LogP) is 2.32. The molecule has 0 aliphatic heterocycles. The van der Waals surface area contributed by atoms with Gasteiger partial charge in [-0.1, -0.05) is 30.9 Å². The lowest BCUT2D eigenvalue weighted by Gasteiger charge is -2.29. The molecule has 2 rings (SSSR count). The Balaban J connectivity index is 1.64. The number of amides is 3. The number of aromatic nitrogens is 5. The van der Waals surface area contributed by atoms with Crippen LogP contribution in [0.3, 0.4) is 0 Å². The second kappa shape index (κ2) is 18.7. The Kier molecular flexibility index (Phi) is 15.8. The van der Waals surface area contributed by atoms with Crippen molar-refractivity contribution in [2.45, 2.75) is 102 Å². The molecule has 0 fully saturated rings. The molecule has 0 aromatic carbocycles. The molecule has 248 valence electrons. The maximum absolute atomic E-state index is 12.3. The molecule has 13 nitrogen and oxygen atoms in total. The summed E-state index contributed by atoms with van der Waals surface area (Å²) in [6.45, 7) is 12.1. The second-order valence-corrected chi connectivity index (χ2v) is 13.3. The van der Waals surface area contributed by atoms with Gasteiger partial charge in [0.25, 0.3) is 0 Å². The summed E-state index contributed by atoms with van der Waals surface area (Å²) in [6.07, 6.45) is 6.96. The van der Waals surface area contributed by atoms with E-state index in [9.17, 15) is 14.4 Å². The van der Waals surface area contributed by atoms with E-state index >= 15 is 0 Å². The first kappa shape index (κ1) is 38.0. The van der Waals surface area contributed by atoms with Crippen LogP contribution in [0.5, 0.6) is 0 Å². The zero-order valence-electron chi connectivity index (χ0n) is 26.9. The normalized spacial score (nSPS) is 13.4. The predicted molar refractivity (Wildman–Crippen MR) is 175 cm³/mol. The van der Waals surface area contributed by atoms with Crippen LogP contribution < -0.4 is 16.0 Å². The number of ether oxygens (including phenoxy) is 2. The molecule has 0 bridgehead atoms. The van der Waals surface area contributed by atoms with Gasteiger partial charge in [0.05, 0.1) is 41.9 Å². The van der Waals surface area contributed by atoms with Crippen LogP contribution in [0.4, 0.5) is 0 Å². The van der Waals surface area contributed by atoms with Crippen LogP contribution in [0.15, 0.2) is 23.7 Å². The van der Waals surface area contributed by atoms with Crippen LogP contribution >= 0.6 is 25.3 Å². The van der Waals surface area contributed by atoms with Crippen LogP contribution in [0.1, 0.15) is 78.5 Å². The molecule has 0 saturated heterocycles. The van der Waals surface area contributed by atoms with Gasteiger partial charge in [0, 0.05) is 37.7 Å². The molecule has 0 spiro atoms. The van der Waals surface area contributed by atoms with E-state index in [-0.39, 0.29) is 43.5 Å². The summed E-state index contributed by atoms with van der Waals surface area (Å²) >= 11 is 8.60. The van der Waals surface area contributed by atoms with Crippen molar-refractivity contribution in [1.29, 1.82) is 0 Å². The van der Waals surface area contributed by atoms with E-state index in [2.05, 4.69) is 73.3 Å². The Bertz CT molecular complexity index is 1310. The molecule has 3 amide bonds. The first-order valence-electron chi connectivity index (χ1n) is 14.8. The molecular formula is C30H46N8O5S2. The van der Waals surface area contributed by atoms with Crippen molar-refractivity contribution in [2.75, 3.05) is 19.8 Å². The number of thiol groups is 2. The number of carbonyl (C=O) groups excluding carboxylic acids is 3. The fourth-order valence-electron chi connectivity index (χ4n) is 3.72. The molecule has 2 aromatic heterocycles. The van der Waals surface area contributed by atoms with Crippen molar-refractivity contribution < 1.29 is 23.9 Å². The largest absolute Gasteiger partial charge is 0.374 e. The Morgan fingerprint density at radius 3 is 2.44 bits per heavy atom. The minimum Gasteiger partial charge on any atom is -0.374 e. The summed E-state index contributed by atoms with van der Waals surface area (Å²) in [4.78, 5) is 43.5. The van der Waals surface area contributed by atoms with E-state index in [1.807, 2.05) is 34.6 Å². The highest BCUT2D eigenvalue weighted by molar-refractivity contribution is 7.81. The van der Waals surface area contributed by atoms with Gasteiger partial charge in [0.1, 0.15) is 18.9 Å². The van der Waals surface area contributed by atoms with Crippen molar-refractivity contribution in [3.8, 4) is 11.8 Å². The number of nitrogens with zero attached hydrogens (tertiary/aromatic N) is 5. The lowest BCUT2D eigenvalue weighted by atomic mass is 10.1. The van der Waals surface area contributed by atoms with Gasteiger partial charge < -0.3 is 25.4 Å². The van der Waals surface area contributed by atoms with Gasteiger partial charge in [-0.2, -0.15) is 12.6 Å². The second-order valence-electron chi connectivity index (χ2n) is 11.9. The summed E-state index contributed by atoms with van der Waals surface area (Å²) in [5.41, 5.74) is 0.745. The molecule has 2 heterocycles. The van der Waals surface area contributed by atoms with E-state index in [0.717, 1.165) is 0 Å². The van der Waals surface area contributed by atoms with Crippen molar-refractivity contribution in [3.05, 3.63) is 29.8 Å². The monoisotopic (exact) mass is 662 g/mol. The van der Waals surface area contributed by atoms with E-state index in [1.54, 1.807) is 30.2 Å². The van der Waals surface area contributed by atoms with Crippen LogP contribution in [0.25, 0.3) is 0 Å².